The van der Waals surface area contributed by atoms with Gasteiger partial charge in [-0.1, -0.05) is 24.3 Å². The van der Waals surface area contributed by atoms with E-state index in [-0.39, 0.29) is 24.2 Å². The number of rotatable bonds is 6. The van der Waals surface area contributed by atoms with Crippen LogP contribution < -0.4 is 15.2 Å². The summed E-state index contributed by atoms with van der Waals surface area (Å²) in [4.78, 5) is 67.9. The molecule has 6 unspecified atom stereocenters. The molecule has 11 heteroatoms. The molecule has 2 aromatic rings. The van der Waals surface area contributed by atoms with Gasteiger partial charge in [0.15, 0.2) is 46.2 Å². The molecule has 0 aromatic heterocycles. The molecule has 0 heterocycles. The van der Waals surface area contributed by atoms with Crippen LogP contribution in [0.4, 0.5) is 0 Å². The number of ether oxygens (including phenoxy) is 2. The van der Waals surface area contributed by atoms with E-state index in [4.69, 9.17) is 15.2 Å². The monoisotopic (exact) mass is 576 g/mol. The Bertz CT molecular complexity index is 1560. The molecule has 4 N–H and O–H groups in total. The number of fused-ring (bicyclic) bond motifs is 3. The van der Waals surface area contributed by atoms with Crippen molar-refractivity contribution in [2.45, 2.75) is 24.5 Å². The molecule has 5 rings (SSSR count). The number of likely N-dealkylation sites (N-methyl/N-ethyl adjacent to an activating group) is 1. The van der Waals surface area contributed by atoms with E-state index in [1.54, 1.807) is 44.4 Å². The normalized spacial score (nSPS) is 28.9. The van der Waals surface area contributed by atoms with Crippen LogP contribution in [0.2, 0.25) is 0 Å². The highest BCUT2D eigenvalue weighted by molar-refractivity contribution is 6.32. The van der Waals surface area contributed by atoms with Crippen molar-refractivity contribution in [3.63, 3.8) is 0 Å². The van der Waals surface area contributed by atoms with Gasteiger partial charge in [0.05, 0.1) is 31.7 Å². The van der Waals surface area contributed by atoms with Gasteiger partial charge in [0.2, 0.25) is 5.91 Å². The van der Waals surface area contributed by atoms with Crippen LogP contribution in [0, 0.1) is 23.7 Å². The SMILES string of the molecule is COc1ccc(/C=C/c2ccc(O)c3c2CC2CC4C(N(C)C)C(=O)C(C(N)=O)C(=O)C4(O)C(=O)C2C3=O)cc1OC. The van der Waals surface area contributed by atoms with Crippen LogP contribution in [-0.2, 0) is 25.6 Å². The lowest BCUT2D eigenvalue weighted by molar-refractivity contribution is -0.181. The van der Waals surface area contributed by atoms with Gasteiger partial charge in [0.25, 0.3) is 0 Å². The summed E-state index contributed by atoms with van der Waals surface area (Å²) >= 11 is 0. The zero-order valence-electron chi connectivity index (χ0n) is 23.6. The molecule has 11 nitrogen and oxygen atoms in total. The van der Waals surface area contributed by atoms with Gasteiger partial charge in [-0.3, -0.25) is 28.9 Å². The van der Waals surface area contributed by atoms with Crippen molar-refractivity contribution in [2.75, 3.05) is 28.3 Å². The van der Waals surface area contributed by atoms with Crippen LogP contribution in [0.25, 0.3) is 12.2 Å². The Morgan fingerprint density at radius 1 is 1.02 bits per heavy atom. The molecule has 6 atom stereocenters. The molecule has 3 aliphatic rings. The topological polar surface area (TPSA) is 174 Å². The van der Waals surface area contributed by atoms with Gasteiger partial charge in [-0.15, -0.1) is 0 Å². The van der Waals surface area contributed by atoms with E-state index in [9.17, 15) is 34.2 Å². The third-order valence-corrected chi connectivity index (χ3v) is 8.84. The summed E-state index contributed by atoms with van der Waals surface area (Å²) in [5.74, 6) is -9.66. The number of methoxy groups -OCH3 is 2. The van der Waals surface area contributed by atoms with Crippen molar-refractivity contribution in [3.05, 3.63) is 52.6 Å². The van der Waals surface area contributed by atoms with Crippen molar-refractivity contribution in [2.24, 2.45) is 29.4 Å². The summed E-state index contributed by atoms with van der Waals surface area (Å²) in [5, 5.41) is 22.4. The number of aliphatic hydroxyl groups is 1. The third kappa shape index (κ3) is 4.23. The Hall–Kier alpha value is -4.35. The first-order valence-electron chi connectivity index (χ1n) is 13.5. The molecule has 2 aromatic carbocycles. The Kier molecular flexibility index (Phi) is 7.28. The van der Waals surface area contributed by atoms with Gasteiger partial charge in [-0.2, -0.15) is 0 Å². The third-order valence-electron chi connectivity index (χ3n) is 8.84. The molecular weight excluding hydrogens is 544 g/mol. The number of nitrogens with zero attached hydrogens (tertiary/aromatic N) is 1. The molecule has 2 saturated carbocycles. The number of benzene rings is 2. The highest BCUT2D eigenvalue weighted by atomic mass is 16.5. The number of phenols is 1. The maximum absolute atomic E-state index is 13.9. The summed E-state index contributed by atoms with van der Waals surface area (Å²) in [6.07, 6.45) is 3.74. The molecule has 42 heavy (non-hydrogen) atoms. The van der Waals surface area contributed by atoms with Gasteiger partial charge in [-0.05, 0) is 67.7 Å². The fourth-order valence-electron chi connectivity index (χ4n) is 6.93. The summed E-state index contributed by atoms with van der Waals surface area (Å²) in [7, 11) is 6.15. The number of Topliss-reactive ketones (excluding diaryl/α,β-unsaturated/α-hetero) is 4. The van der Waals surface area contributed by atoms with E-state index in [1.165, 1.54) is 25.2 Å². The van der Waals surface area contributed by atoms with Gasteiger partial charge in [-0.25, -0.2) is 0 Å². The van der Waals surface area contributed by atoms with E-state index >= 15 is 0 Å². The number of hydrogen-bond donors (Lipinski definition) is 3. The standard InChI is InChI=1S/C31H32N2O9/c1-33(2)25-18-13-16-12-17-15(7-5-14-6-10-20(41-3)21(11-14)42-4)8-9-19(34)23(17)26(35)22(16)28(37)31(18,40)29(38)24(27(25)36)30(32)39/h5-11,16,18,22,24-25,34,40H,12-13H2,1-4H3,(H2,32,39)/b7-5+. The van der Waals surface area contributed by atoms with Crippen LogP contribution in [0.3, 0.4) is 0 Å². The van der Waals surface area contributed by atoms with Gasteiger partial charge in [0.1, 0.15) is 5.75 Å². The Labute approximate surface area is 241 Å². The maximum Gasteiger partial charge on any atom is 0.235 e. The molecule has 0 aliphatic heterocycles. The fourth-order valence-corrected chi connectivity index (χ4v) is 6.93. The van der Waals surface area contributed by atoms with Crippen molar-refractivity contribution >= 4 is 41.2 Å². The number of phenolic OH excluding ortho intramolecular Hbond substituents is 1. The second-order valence-corrected chi connectivity index (χ2v) is 11.3. The summed E-state index contributed by atoms with van der Waals surface area (Å²) in [5.41, 5.74) is 4.47. The molecule has 0 bridgehead atoms. The van der Waals surface area contributed by atoms with E-state index < -0.39 is 64.4 Å². The Morgan fingerprint density at radius 2 is 1.71 bits per heavy atom. The first-order valence-corrected chi connectivity index (χ1v) is 13.5. The maximum atomic E-state index is 13.9. The second kappa shape index (κ2) is 10.5. The van der Waals surface area contributed by atoms with Gasteiger partial charge >= 0.3 is 0 Å². The highest BCUT2D eigenvalue weighted by Gasteiger charge is 2.69. The number of hydrogen-bond acceptors (Lipinski definition) is 10. The fraction of sp³-hybridized carbons (Fsp3) is 0.387. The number of nitrogens with two attached hydrogens (primary N) is 1. The minimum atomic E-state index is -2.75. The largest absolute Gasteiger partial charge is 0.507 e. The predicted octanol–water partition coefficient (Wildman–Crippen LogP) is 1.05. The summed E-state index contributed by atoms with van der Waals surface area (Å²) < 4.78 is 10.6. The van der Waals surface area contributed by atoms with Crippen LogP contribution in [0.15, 0.2) is 30.3 Å². The van der Waals surface area contributed by atoms with Crippen molar-refractivity contribution in [3.8, 4) is 17.2 Å². The van der Waals surface area contributed by atoms with Crippen LogP contribution in [0.5, 0.6) is 17.2 Å². The van der Waals surface area contributed by atoms with E-state index in [0.717, 1.165) is 5.56 Å². The van der Waals surface area contributed by atoms with Crippen molar-refractivity contribution < 1.29 is 43.7 Å². The van der Waals surface area contributed by atoms with E-state index in [0.29, 0.717) is 22.6 Å². The number of carbonyl (C=O) groups excluding carboxylic acids is 5. The lowest BCUT2D eigenvalue weighted by Gasteiger charge is -2.52. The quantitative estimate of drug-likeness (QED) is 0.333. The predicted molar refractivity (Wildman–Crippen MR) is 150 cm³/mol. The van der Waals surface area contributed by atoms with Crippen LogP contribution in [0.1, 0.15) is 33.5 Å². The lowest BCUT2D eigenvalue weighted by atomic mass is 9.52. The average Bonchev–Trinajstić information content (AvgIpc) is 2.94. The summed E-state index contributed by atoms with van der Waals surface area (Å²) in [6.45, 7) is 0. The number of aromatic hydroxyl groups is 1. The number of carbonyl (C=O) groups is 5. The molecule has 0 radical (unpaired) electrons. The molecule has 0 spiro atoms. The summed E-state index contributed by atoms with van der Waals surface area (Å²) in [6, 6.07) is 7.22. The number of primary amides is 1. The molecule has 1 amide bonds. The zero-order chi connectivity index (χ0) is 30.7. The van der Waals surface area contributed by atoms with Crippen molar-refractivity contribution in [1.29, 1.82) is 0 Å². The number of ketones is 4. The Balaban J connectivity index is 1.57. The minimum absolute atomic E-state index is 0.0155. The van der Waals surface area contributed by atoms with Crippen LogP contribution in [-0.4, -0.2) is 84.1 Å². The molecule has 220 valence electrons. The highest BCUT2D eigenvalue weighted by Crippen LogP contribution is 2.51. The van der Waals surface area contributed by atoms with Gasteiger partial charge < -0.3 is 25.4 Å². The molecular formula is C31H32N2O9. The molecule has 2 fully saturated rings. The smallest absolute Gasteiger partial charge is 0.235 e. The van der Waals surface area contributed by atoms with E-state index in [1.807, 2.05) is 6.07 Å². The first-order chi connectivity index (χ1) is 19.9. The average molecular weight is 577 g/mol. The Morgan fingerprint density at radius 3 is 2.33 bits per heavy atom. The first kappa shape index (κ1) is 29.2. The van der Waals surface area contributed by atoms with E-state index in [2.05, 4.69) is 0 Å². The second-order valence-electron chi connectivity index (χ2n) is 11.3. The lowest BCUT2D eigenvalue weighted by Crippen LogP contribution is -2.74. The molecule has 0 saturated heterocycles. The molecule has 3 aliphatic carbocycles. The van der Waals surface area contributed by atoms with Crippen molar-refractivity contribution in [1.82, 2.24) is 4.90 Å². The number of amides is 1. The zero-order valence-corrected chi connectivity index (χ0v) is 23.6. The van der Waals surface area contributed by atoms with Crippen LogP contribution >= 0.6 is 0 Å². The van der Waals surface area contributed by atoms with Gasteiger partial charge in [0, 0.05) is 5.92 Å². The minimum Gasteiger partial charge on any atom is -0.507 e.